The molecule has 0 saturated heterocycles. The number of hydrogen-bond donors (Lipinski definition) is 4. The van der Waals surface area contributed by atoms with E-state index in [4.69, 9.17) is 10.5 Å². The van der Waals surface area contributed by atoms with Crippen LogP contribution in [0.4, 0.5) is 4.79 Å². The molecular weight excluding hydrogens is 398 g/mol. The van der Waals surface area contributed by atoms with Crippen molar-refractivity contribution in [1.82, 2.24) is 10.6 Å². The van der Waals surface area contributed by atoms with Crippen molar-refractivity contribution in [3.05, 3.63) is 65.7 Å². The summed E-state index contributed by atoms with van der Waals surface area (Å²) >= 11 is 0. The van der Waals surface area contributed by atoms with Crippen molar-refractivity contribution < 1.29 is 24.2 Å². The van der Waals surface area contributed by atoms with Gasteiger partial charge >= 0.3 is 6.09 Å². The summed E-state index contributed by atoms with van der Waals surface area (Å²) in [6.45, 7) is 2.05. The maximum Gasteiger partial charge on any atom is 0.408 e. The highest BCUT2D eigenvalue weighted by molar-refractivity contribution is 5.90. The fourth-order valence-electron chi connectivity index (χ4n) is 2.95. The van der Waals surface area contributed by atoms with Gasteiger partial charge in [-0.3, -0.25) is 9.59 Å². The summed E-state index contributed by atoms with van der Waals surface area (Å²) in [6, 6.07) is 13.7. The van der Waals surface area contributed by atoms with Gasteiger partial charge in [0.1, 0.15) is 24.4 Å². The molecule has 2 atom stereocenters. The molecule has 0 aliphatic rings. The lowest BCUT2D eigenvalue weighted by Gasteiger charge is -2.22. The summed E-state index contributed by atoms with van der Waals surface area (Å²) in [4.78, 5) is 36.9. The monoisotopic (exact) mass is 427 g/mol. The minimum atomic E-state index is -0.955. The topological polar surface area (TPSA) is 131 Å². The van der Waals surface area contributed by atoms with Gasteiger partial charge in [0.2, 0.25) is 11.8 Å². The molecule has 31 heavy (non-hydrogen) atoms. The van der Waals surface area contributed by atoms with Crippen LogP contribution in [0.3, 0.4) is 0 Å². The van der Waals surface area contributed by atoms with E-state index in [0.29, 0.717) is 12.8 Å². The predicted octanol–water partition coefficient (Wildman–Crippen LogP) is 2.39. The van der Waals surface area contributed by atoms with E-state index in [-0.39, 0.29) is 18.8 Å². The molecular formula is C23H29N3O5. The molecule has 0 spiro atoms. The molecule has 8 nitrogen and oxygen atoms in total. The van der Waals surface area contributed by atoms with Gasteiger partial charge in [0.05, 0.1) is 0 Å². The highest BCUT2D eigenvalue weighted by Gasteiger charge is 2.26. The number of carbonyl (C=O) groups is 3. The van der Waals surface area contributed by atoms with Crippen molar-refractivity contribution in [3.63, 3.8) is 0 Å². The van der Waals surface area contributed by atoms with E-state index in [1.807, 2.05) is 37.3 Å². The van der Waals surface area contributed by atoms with Gasteiger partial charge in [0.15, 0.2) is 0 Å². The number of rotatable bonds is 11. The highest BCUT2D eigenvalue weighted by Crippen LogP contribution is 2.12. The Kier molecular flexibility index (Phi) is 9.35. The molecule has 0 aliphatic carbocycles. The van der Waals surface area contributed by atoms with Crippen molar-refractivity contribution in [2.45, 2.75) is 51.3 Å². The van der Waals surface area contributed by atoms with Crippen molar-refractivity contribution >= 4 is 17.9 Å². The number of alkyl carbamates (subject to hydrolysis) is 1. The van der Waals surface area contributed by atoms with Gasteiger partial charge in [-0.2, -0.15) is 0 Å². The molecule has 166 valence electrons. The van der Waals surface area contributed by atoms with Crippen LogP contribution in [0.2, 0.25) is 0 Å². The molecule has 2 aromatic carbocycles. The van der Waals surface area contributed by atoms with Crippen LogP contribution < -0.4 is 16.4 Å². The maximum atomic E-state index is 12.8. The summed E-state index contributed by atoms with van der Waals surface area (Å²) in [5, 5.41) is 14.6. The number of ether oxygens (including phenoxy) is 1. The smallest absolute Gasteiger partial charge is 0.408 e. The number of aromatic hydroxyl groups is 1. The van der Waals surface area contributed by atoms with Crippen LogP contribution in [-0.2, 0) is 27.4 Å². The molecule has 0 saturated carbocycles. The van der Waals surface area contributed by atoms with Gasteiger partial charge in [0, 0.05) is 6.42 Å². The number of carbonyl (C=O) groups excluding carboxylic acids is 3. The largest absolute Gasteiger partial charge is 0.508 e. The molecule has 0 aromatic heterocycles. The fraction of sp³-hybridized carbons (Fsp3) is 0.348. The van der Waals surface area contributed by atoms with Gasteiger partial charge in [-0.05, 0) is 29.7 Å². The minimum Gasteiger partial charge on any atom is -0.508 e. The van der Waals surface area contributed by atoms with Gasteiger partial charge in [-0.15, -0.1) is 0 Å². The zero-order valence-electron chi connectivity index (χ0n) is 17.5. The summed E-state index contributed by atoms with van der Waals surface area (Å²) < 4.78 is 5.20. The third-order valence-corrected chi connectivity index (χ3v) is 4.70. The predicted molar refractivity (Wildman–Crippen MR) is 116 cm³/mol. The molecule has 0 heterocycles. The minimum absolute atomic E-state index is 0.0829. The van der Waals surface area contributed by atoms with Crippen LogP contribution in [0.5, 0.6) is 5.75 Å². The third-order valence-electron chi connectivity index (χ3n) is 4.70. The van der Waals surface area contributed by atoms with Gasteiger partial charge in [-0.25, -0.2) is 4.79 Å². The Morgan fingerprint density at radius 2 is 1.65 bits per heavy atom. The Labute approximate surface area is 181 Å². The molecule has 0 bridgehead atoms. The molecule has 5 N–H and O–H groups in total. The second-order valence-corrected chi connectivity index (χ2v) is 7.23. The Balaban J connectivity index is 1.97. The number of benzene rings is 2. The van der Waals surface area contributed by atoms with E-state index in [1.54, 1.807) is 12.1 Å². The average molecular weight is 428 g/mol. The molecule has 2 rings (SSSR count). The first kappa shape index (κ1) is 23.7. The second-order valence-electron chi connectivity index (χ2n) is 7.23. The van der Waals surface area contributed by atoms with Crippen LogP contribution >= 0.6 is 0 Å². The molecule has 2 aromatic rings. The summed E-state index contributed by atoms with van der Waals surface area (Å²) in [5.74, 6) is -1.10. The third kappa shape index (κ3) is 8.38. The van der Waals surface area contributed by atoms with Crippen LogP contribution in [0.25, 0.3) is 0 Å². The fourth-order valence-corrected chi connectivity index (χ4v) is 2.95. The number of primary amides is 1. The normalized spacial score (nSPS) is 12.4. The average Bonchev–Trinajstić information content (AvgIpc) is 2.76. The summed E-state index contributed by atoms with van der Waals surface area (Å²) in [6.07, 6.45) is 1.38. The zero-order valence-corrected chi connectivity index (χ0v) is 17.5. The highest BCUT2D eigenvalue weighted by atomic mass is 16.5. The van der Waals surface area contributed by atoms with Crippen molar-refractivity contribution in [1.29, 1.82) is 0 Å². The van der Waals surface area contributed by atoms with Gasteiger partial charge in [0.25, 0.3) is 0 Å². The van der Waals surface area contributed by atoms with Crippen LogP contribution in [-0.4, -0.2) is 35.1 Å². The van der Waals surface area contributed by atoms with Gasteiger partial charge in [-0.1, -0.05) is 62.2 Å². The maximum absolute atomic E-state index is 12.8. The van der Waals surface area contributed by atoms with E-state index in [0.717, 1.165) is 17.5 Å². The SMILES string of the molecule is CCCCC(NC(=O)OCc1ccccc1)C(=O)NC(Cc1ccc(O)cc1)C(N)=O. The Morgan fingerprint density at radius 3 is 2.26 bits per heavy atom. The van der Waals surface area contributed by atoms with Crippen LogP contribution in [0, 0.1) is 0 Å². The quantitative estimate of drug-likeness (QED) is 0.437. The van der Waals surface area contributed by atoms with Crippen molar-refractivity contribution in [3.8, 4) is 5.75 Å². The molecule has 0 aliphatic heterocycles. The Hall–Kier alpha value is -3.55. The van der Waals surface area contributed by atoms with Crippen LogP contribution in [0.15, 0.2) is 54.6 Å². The van der Waals surface area contributed by atoms with E-state index in [2.05, 4.69) is 10.6 Å². The lowest BCUT2D eigenvalue weighted by atomic mass is 10.0. The lowest BCUT2D eigenvalue weighted by Crippen LogP contribution is -2.53. The Bertz CT molecular complexity index is 855. The van der Waals surface area contributed by atoms with Crippen molar-refractivity contribution in [2.24, 2.45) is 5.73 Å². The number of phenols is 1. The molecule has 0 radical (unpaired) electrons. The Morgan fingerprint density at radius 1 is 0.968 bits per heavy atom. The molecule has 0 fully saturated rings. The number of nitrogens with two attached hydrogens (primary N) is 1. The summed E-state index contributed by atoms with van der Waals surface area (Å²) in [7, 11) is 0. The van der Waals surface area contributed by atoms with E-state index in [1.165, 1.54) is 12.1 Å². The van der Waals surface area contributed by atoms with Crippen LogP contribution in [0.1, 0.15) is 37.3 Å². The molecule has 3 amide bonds. The number of phenolic OH excluding ortho intramolecular Hbond substituents is 1. The lowest BCUT2D eigenvalue weighted by molar-refractivity contribution is -0.128. The number of nitrogens with one attached hydrogen (secondary N) is 2. The standard InChI is InChI=1S/C23H29N3O5/c1-2-3-9-19(26-23(30)31-15-17-7-5-4-6-8-17)22(29)25-20(21(24)28)14-16-10-12-18(27)13-11-16/h4-8,10-13,19-20,27H,2-3,9,14-15H2,1H3,(H2,24,28)(H,25,29)(H,26,30). The van der Waals surface area contributed by atoms with E-state index in [9.17, 15) is 19.5 Å². The number of unbranched alkanes of at least 4 members (excludes halogenated alkanes) is 1. The number of hydrogen-bond acceptors (Lipinski definition) is 5. The first-order valence-electron chi connectivity index (χ1n) is 10.2. The van der Waals surface area contributed by atoms with E-state index < -0.39 is 30.0 Å². The number of amides is 3. The van der Waals surface area contributed by atoms with Crippen molar-refractivity contribution in [2.75, 3.05) is 0 Å². The first-order valence-corrected chi connectivity index (χ1v) is 10.2. The zero-order chi connectivity index (χ0) is 22.6. The second kappa shape index (κ2) is 12.2. The molecule has 2 unspecified atom stereocenters. The summed E-state index contributed by atoms with van der Waals surface area (Å²) in [5.41, 5.74) is 7.01. The van der Waals surface area contributed by atoms with E-state index >= 15 is 0 Å². The molecule has 8 heteroatoms. The first-order chi connectivity index (χ1) is 14.9. The van der Waals surface area contributed by atoms with Gasteiger partial charge < -0.3 is 26.2 Å².